The van der Waals surface area contributed by atoms with Gasteiger partial charge < -0.3 is 5.11 Å². The Hall–Kier alpha value is -1.79. The van der Waals surface area contributed by atoms with Gasteiger partial charge in [-0.25, -0.2) is 14.8 Å². The molecule has 0 aliphatic heterocycles. The third kappa shape index (κ3) is 3.36. The minimum atomic E-state index is -1.00. The van der Waals surface area contributed by atoms with Crippen LogP contribution in [0.15, 0.2) is 29.8 Å². The molecule has 0 amide bonds. The lowest BCUT2D eigenvalue weighted by Gasteiger charge is -2.22. The lowest BCUT2D eigenvalue weighted by molar-refractivity contribution is 0.0690. The van der Waals surface area contributed by atoms with E-state index in [1.807, 2.05) is 18.5 Å². The van der Waals surface area contributed by atoms with E-state index in [0.29, 0.717) is 6.54 Å². The van der Waals surface area contributed by atoms with Gasteiger partial charge in [-0.05, 0) is 26.1 Å². The number of carboxylic acids is 1. The predicted octanol–water partition coefficient (Wildman–Crippen LogP) is 2.43. The largest absolute Gasteiger partial charge is 0.477 e. The Morgan fingerprint density at radius 3 is 2.95 bits per heavy atom. The average Bonchev–Trinajstić information content (AvgIpc) is 2.92. The summed E-state index contributed by atoms with van der Waals surface area (Å²) in [6.07, 6.45) is 1.79. The smallest absolute Gasteiger partial charge is 0.354 e. The molecule has 19 heavy (non-hydrogen) atoms. The van der Waals surface area contributed by atoms with Gasteiger partial charge in [0.1, 0.15) is 10.7 Å². The molecule has 0 fully saturated rings. The lowest BCUT2D eigenvalue weighted by atomic mass is 10.2. The fraction of sp³-hybridized carbons (Fsp3) is 0.308. The van der Waals surface area contributed by atoms with Gasteiger partial charge in [-0.1, -0.05) is 6.07 Å². The Labute approximate surface area is 115 Å². The number of aromatic nitrogens is 2. The molecule has 6 heteroatoms. The Kier molecular flexibility index (Phi) is 4.24. The van der Waals surface area contributed by atoms with E-state index in [1.165, 1.54) is 6.07 Å². The number of carboxylic acid groups (broad SMARTS) is 1. The van der Waals surface area contributed by atoms with Crippen molar-refractivity contribution in [3.05, 3.63) is 46.2 Å². The summed E-state index contributed by atoms with van der Waals surface area (Å²) in [4.78, 5) is 21.4. The number of thiazole rings is 1. The summed E-state index contributed by atoms with van der Waals surface area (Å²) in [7, 11) is 1.97. The van der Waals surface area contributed by atoms with Crippen molar-refractivity contribution in [2.75, 3.05) is 7.05 Å². The van der Waals surface area contributed by atoms with E-state index in [2.05, 4.69) is 21.8 Å². The van der Waals surface area contributed by atoms with Crippen LogP contribution >= 0.6 is 11.3 Å². The first kappa shape index (κ1) is 13.6. The molecule has 0 saturated heterocycles. The standard InChI is InChI=1S/C13H15N3O2S/c1-9(12-14-6-7-19-12)16(2)8-10-4-3-5-11(15-10)13(17)18/h3-7,9H,8H2,1-2H3,(H,17,18). The molecule has 0 spiro atoms. The monoisotopic (exact) mass is 277 g/mol. The van der Waals surface area contributed by atoms with Gasteiger partial charge in [-0.2, -0.15) is 0 Å². The van der Waals surface area contributed by atoms with Gasteiger partial charge >= 0.3 is 5.97 Å². The van der Waals surface area contributed by atoms with Crippen LogP contribution in [0.4, 0.5) is 0 Å². The Bertz CT molecular complexity index is 557. The van der Waals surface area contributed by atoms with E-state index in [1.54, 1.807) is 23.6 Å². The topological polar surface area (TPSA) is 66.3 Å². The lowest BCUT2D eigenvalue weighted by Crippen LogP contribution is -2.22. The zero-order chi connectivity index (χ0) is 13.8. The molecule has 0 radical (unpaired) electrons. The summed E-state index contributed by atoms with van der Waals surface area (Å²) in [5.74, 6) is -1.00. The van der Waals surface area contributed by atoms with Gasteiger partial charge in [0, 0.05) is 18.1 Å². The van der Waals surface area contributed by atoms with Crippen molar-refractivity contribution in [1.82, 2.24) is 14.9 Å². The maximum atomic E-state index is 10.9. The maximum Gasteiger partial charge on any atom is 0.354 e. The van der Waals surface area contributed by atoms with Gasteiger partial charge in [0.2, 0.25) is 0 Å². The van der Waals surface area contributed by atoms with Gasteiger partial charge in [0.05, 0.1) is 11.7 Å². The molecule has 1 atom stereocenters. The van der Waals surface area contributed by atoms with Crippen molar-refractivity contribution in [3.63, 3.8) is 0 Å². The van der Waals surface area contributed by atoms with Gasteiger partial charge in [0.15, 0.2) is 0 Å². The number of nitrogens with zero attached hydrogens (tertiary/aromatic N) is 3. The third-order valence-corrected chi connectivity index (χ3v) is 3.85. The minimum Gasteiger partial charge on any atom is -0.477 e. The molecule has 1 N–H and O–H groups in total. The summed E-state index contributed by atoms with van der Waals surface area (Å²) in [5, 5.41) is 11.9. The van der Waals surface area contributed by atoms with Crippen LogP contribution in [0.2, 0.25) is 0 Å². The number of carbonyl (C=O) groups is 1. The molecule has 0 aliphatic carbocycles. The second kappa shape index (κ2) is 5.90. The number of hydrogen-bond acceptors (Lipinski definition) is 5. The summed E-state index contributed by atoms with van der Waals surface area (Å²) in [5.41, 5.74) is 0.818. The van der Waals surface area contributed by atoms with Crippen LogP contribution < -0.4 is 0 Å². The number of hydrogen-bond donors (Lipinski definition) is 1. The van der Waals surface area contributed by atoms with Crippen LogP contribution in [0.1, 0.15) is 34.2 Å². The van der Waals surface area contributed by atoms with Crippen LogP contribution in [0.25, 0.3) is 0 Å². The van der Waals surface area contributed by atoms with Crippen molar-refractivity contribution in [2.24, 2.45) is 0 Å². The number of pyridine rings is 1. The normalized spacial score (nSPS) is 12.6. The fourth-order valence-electron chi connectivity index (χ4n) is 1.71. The van der Waals surface area contributed by atoms with E-state index in [-0.39, 0.29) is 11.7 Å². The van der Waals surface area contributed by atoms with Crippen molar-refractivity contribution < 1.29 is 9.90 Å². The molecule has 0 bridgehead atoms. The van der Waals surface area contributed by atoms with Crippen LogP contribution in [-0.4, -0.2) is 33.0 Å². The molecule has 2 aromatic heterocycles. The fourth-order valence-corrected chi connectivity index (χ4v) is 2.47. The van der Waals surface area contributed by atoms with E-state index < -0.39 is 5.97 Å². The highest BCUT2D eigenvalue weighted by molar-refractivity contribution is 7.09. The molecular formula is C13H15N3O2S. The molecule has 2 rings (SSSR count). The summed E-state index contributed by atoms with van der Waals surface area (Å²) in [6.45, 7) is 2.65. The quantitative estimate of drug-likeness (QED) is 0.909. The van der Waals surface area contributed by atoms with Crippen LogP contribution in [0.3, 0.4) is 0 Å². The zero-order valence-electron chi connectivity index (χ0n) is 10.8. The van der Waals surface area contributed by atoms with Crippen molar-refractivity contribution in [3.8, 4) is 0 Å². The average molecular weight is 277 g/mol. The summed E-state index contributed by atoms with van der Waals surface area (Å²) in [6, 6.07) is 5.22. The van der Waals surface area contributed by atoms with Crippen LogP contribution in [-0.2, 0) is 6.54 Å². The van der Waals surface area contributed by atoms with Gasteiger partial charge in [0.25, 0.3) is 0 Å². The SMILES string of the molecule is CC(c1nccs1)N(C)Cc1cccc(C(=O)O)n1. The number of rotatable bonds is 5. The Balaban J connectivity index is 2.08. The van der Waals surface area contributed by atoms with Crippen molar-refractivity contribution in [2.45, 2.75) is 19.5 Å². The molecule has 0 saturated carbocycles. The minimum absolute atomic E-state index is 0.0767. The third-order valence-electron chi connectivity index (χ3n) is 2.91. The second-order valence-corrected chi connectivity index (χ2v) is 5.21. The highest BCUT2D eigenvalue weighted by Gasteiger charge is 2.15. The van der Waals surface area contributed by atoms with Gasteiger partial charge in [-0.3, -0.25) is 4.90 Å². The van der Waals surface area contributed by atoms with E-state index in [9.17, 15) is 4.79 Å². The first-order valence-corrected chi connectivity index (χ1v) is 6.74. The Morgan fingerprint density at radius 1 is 1.53 bits per heavy atom. The number of aromatic carboxylic acids is 1. The zero-order valence-corrected chi connectivity index (χ0v) is 11.6. The van der Waals surface area contributed by atoms with Gasteiger partial charge in [-0.15, -0.1) is 11.3 Å². The second-order valence-electron chi connectivity index (χ2n) is 4.28. The first-order chi connectivity index (χ1) is 9.08. The summed E-state index contributed by atoms with van der Waals surface area (Å²) < 4.78 is 0. The van der Waals surface area contributed by atoms with E-state index in [4.69, 9.17) is 5.11 Å². The molecule has 100 valence electrons. The predicted molar refractivity (Wildman–Crippen MR) is 73.2 cm³/mol. The molecule has 0 aromatic carbocycles. The molecule has 2 heterocycles. The van der Waals surface area contributed by atoms with E-state index >= 15 is 0 Å². The maximum absolute atomic E-state index is 10.9. The first-order valence-electron chi connectivity index (χ1n) is 5.87. The van der Waals surface area contributed by atoms with Crippen molar-refractivity contribution >= 4 is 17.3 Å². The van der Waals surface area contributed by atoms with Crippen LogP contribution in [0, 0.1) is 0 Å². The highest BCUT2D eigenvalue weighted by atomic mass is 32.1. The molecule has 2 aromatic rings. The molecular weight excluding hydrogens is 262 g/mol. The Morgan fingerprint density at radius 2 is 2.32 bits per heavy atom. The van der Waals surface area contributed by atoms with Crippen molar-refractivity contribution in [1.29, 1.82) is 0 Å². The summed E-state index contributed by atoms with van der Waals surface area (Å²) >= 11 is 1.61. The van der Waals surface area contributed by atoms with E-state index in [0.717, 1.165) is 10.7 Å². The molecule has 0 aliphatic rings. The molecule has 5 nitrogen and oxygen atoms in total. The van der Waals surface area contributed by atoms with Crippen LogP contribution in [0.5, 0.6) is 0 Å². The highest BCUT2D eigenvalue weighted by Crippen LogP contribution is 2.21. The molecule has 1 unspecified atom stereocenters.